The Labute approximate surface area is 188 Å². The number of hydrogen-bond donors (Lipinski definition) is 0. The number of nitrogens with zero attached hydrogens (tertiary/aromatic N) is 1. The molecule has 1 heterocycles. The second-order valence-electron chi connectivity index (χ2n) is 8.51. The monoisotopic (exact) mass is 425 g/mol. The van der Waals surface area contributed by atoms with E-state index >= 15 is 0 Å². The first-order valence-corrected chi connectivity index (χ1v) is 11.0. The Morgan fingerprint density at radius 1 is 0.688 bits per heavy atom. The Morgan fingerprint density at radius 3 is 1.66 bits per heavy atom. The molecule has 162 valence electrons. The molecule has 4 heteroatoms. The van der Waals surface area contributed by atoms with Gasteiger partial charge in [0.2, 0.25) is 0 Å². The average Bonchev–Trinajstić information content (AvgIpc) is 2.84. The van der Waals surface area contributed by atoms with Crippen LogP contribution in [0.5, 0.6) is 0 Å². The average molecular weight is 426 g/mol. The standard InChI is InChI=1S/C28H27NO3/c1-20(30)22-8-10-23(11-9-22)24-12-14-25(15-13-24)27(32)29-18-16-28(17-19-29,21(2)31)26-6-4-3-5-7-26/h3-15H,16-19H2,1-2H3. The summed E-state index contributed by atoms with van der Waals surface area (Å²) in [5.41, 5.74) is 3.86. The highest BCUT2D eigenvalue weighted by atomic mass is 16.2. The molecule has 1 aliphatic rings. The number of ketones is 2. The Balaban J connectivity index is 1.46. The van der Waals surface area contributed by atoms with Crippen molar-refractivity contribution in [3.05, 3.63) is 95.6 Å². The van der Waals surface area contributed by atoms with Crippen LogP contribution in [0.3, 0.4) is 0 Å². The number of piperidine rings is 1. The lowest BCUT2D eigenvalue weighted by atomic mass is 9.70. The Bertz CT molecular complexity index is 1120. The Morgan fingerprint density at radius 2 is 1.19 bits per heavy atom. The molecular weight excluding hydrogens is 398 g/mol. The van der Waals surface area contributed by atoms with Crippen LogP contribution in [0.25, 0.3) is 11.1 Å². The van der Waals surface area contributed by atoms with Crippen molar-refractivity contribution in [1.29, 1.82) is 0 Å². The maximum Gasteiger partial charge on any atom is 0.253 e. The predicted octanol–water partition coefficient (Wildman–Crippen LogP) is 5.32. The molecule has 4 nitrogen and oxygen atoms in total. The number of rotatable bonds is 5. The van der Waals surface area contributed by atoms with Gasteiger partial charge < -0.3 is 4.90 Å². The van der Waals surface area contributed by atoms with Gasteiger partial charge in [-0.25, -0.2) is 0 Å². The van der Waals surface area contributed by atoms with Crippen molar-refractivity contribution in [2.45, 2.75) is 32.1 Å². The van der Waals surface area contributed by atoms with Gasteiger partial charge in [-0.15, -0.1) is 0 Å². The van der Waals surface area contributed by atoms with Gasteiger partial charge in [-0.05, 0) is 55.5 Å². The molecule has 0 bridgehead atoms. The first kappa shape index (κ1) is 21.7. The van der Waals surface area contributed by atoms with E-state index in [9.17, 15) is 14.4 Å². The largest absolute Gasteiger partial charge is 0.339 e. The summed E-state index contributed by atoms with van der Waals surface area (Å²) in [5, 5.41) is 0. The summed E-state index contributed by atoms with van der Waals surface area (Å²) in [7, 11) is 0. The molecule has 1 amide bonds. The number of carbonyl (C=O) groups is 3. The lowest BCUT2D eigenvalue weighted by Crippen LogP contribution is -2.48. The lowest BCUT2D eigenvalue weighted by molar-refractivity contribution is -0.124. The second kappa shape index (κ2) is 8.91. The van der Waals surface area contributed by atoms with Crippen molar-refractivity contribution in [1.82, 2.24) is 4.90 Å². The molecule has 32 heavy (non-hydrogen) atoms. The number of carbonyl (C=O) groups excluding carboxylic acids is 3. The highest BCUT2D eigenvalue weighted by Crippen LogP contribution is 2.37. The van der Waals surface area contributed by atoms with Crippen LogP contribution in [0.1, 0.15) is 53.0 Å². The summed E-state index contributed by atoms with van der Waals surface area (Å²) in [5.74, 6) is 0.199. The fourth-order valence-electron chi connectivity index (χ4n) is 4.58. The van der Waals surface area contributed by atoms with Gasteiger partial charge in [0, 0.05) is 24.2 Å². The van der Waals surface area contributed by atoms with Crippen LogP contribution in [-0.4, -0.2) is 35.5 Å². The fourth-order valence-corrected chi connectivity index (χ4v) is 4.58. The van der Waals surface area contributed by atoms with Gasteiger partial charge in [-0.1, -0.05) is 66.7 Å². The van der Waals surface area contributed by atoms with Crippen LogP contribution in [0, 0.1) is 0 Å². The van der Waals surface area contributed by atoms with Gasteiger partial charge in [-0.3, -0.25) is 14.4 Å². The van der Waals surface area contributed by atoms with E-state index in [-0.39, 0.29) is 17.5 Å². The quantitative estimate of drug-likeness (QED) is 0.520. The van der Waals surface area contributed by atoms with Gasteiger partial charge in [0.1, 0.15) is 5.78 Å². The van der Waals surface area contributed by atoms with Crippen molar-refractivity contribution in [3.63, 3.8) is 0 Å². The number of Topliss-reactive ketones (excluding diaryl/α,β-unsaturated/α-hetero) is 2. The van der Waals surface area contributed by atoms with Gasteiger partial charge in [0.15, 0.2) is 5.78 Å². The van der Waals surface area contributed by atoms with E-state index in [1.165, 1.54) is 0 Å². The van der Waals surface area contributed by atoms with E-state index in [1.807, 2.05) is 83.8 Å². The smallest absolute Gasteiger partial charge is 0.253 e. The van der Waals surface area contributed by atoms with Crippen molar-refractivity contribution in [2.24, 2.45) is 0 Å². The molecule has 0 aliphatic carbocycles. The topological polar surface area (TPSA) is 54.5 Å². The molecule has 1 fully saturated rings. The summed E-state index contributed by atoms with van der Waals surface area (Å²) in [6.45, 7) is 4.33. The van der Waals surface area contributed by atoms with Crippen molar-refractivity contribution >= 4 is 17.5 Å². The van der Waals surface area contributed by atoms with Gasteiger partial charge in [0.05, 0.1) is 5.41 Å². The molecule has 0 unspecified atom stereocenters. The Kier molecular flexibility index (Phi) is 6.04. The molecule has 0 aromatic heterocycles. The number of amides is 1. The van der Waals surface area contributed by atoms with Gasteiger partial charge >= 0.3 is 0 Å². The highest BCUT2D eigenvalue weighted by Gasteiger charge is 2.41. The molecular formula is C28H27NO3. The SMILES string of the molecule is CC(=O)c1ccc(-c2ccc(C(=O)N3CCC(C(C)=O)(c4ccccc4)CC3)cc2)cc1. The van der Waals surface area contributed by atoms with Crippen molar-refractivity contribution in [3.8, 4) is 11.1 Å². The molecule has 0 spiro atoms. The van der Waals surface area contributed by atoms with Crippen LogP contribution in [0.15, 0.2) is 78.9 Å². The van der Waals surface area contributed by atoms with Crippen LogP contribution in [-0.2, 0) is 10.2 Å². The summed E-state index contributed by atoms with van der Waals surface area (Å²) in [4.78, 5) is 39.0. The first-order valence-electron chi connectivity index (χ1n) is 11.0. The molecule has 1 aliphatic heterocycles. The predicted molar refractivity (Wildman–Crippen MR) is 126 cm³/mol. The highest BCUT2D eigenvalue weighted by molar-refractivity contribution is 5.96. The maximum atomic E-state index is 13.1. The zero-order chi connectivity index (χ0) is 22.7. The molecule has 0 radical (unpaired) electrons. The van der Waals surface area contributed by atoms with Crippen molar-refractivity contribution < 1.29 is 14.4 Å². The zero-order valence-corrected chi connectivity index (χ0v) is 18.5. The second-order valence-corrected chi connectivity index (χ2v) is 8.51. The van der Waals surface area contributed by atoms with Crippen LogP contribution in [0.4, 0.5) is 0 Å². The molecule has 3 aromatic carbocycles. The van der Waals surface area contributed by atoms with Gasteiger partial charge in [-0.2, -0.15) is 0 Å². The minimum atomic E-state index is -0.506. The van der Waals surface area contributed by atoms with E-state index in [1.54, 1.807) is 13.8 Å². The normalized spacial score (nSPS) is 15.2. The molecule has 0 N–H and O–H groups in total. The summed E-state index contributed by atoms with van der Waals surface area (Å²) in [6, 6.07) is 25.0. The molecule has 3 aromatic rings. The molecule has 4 rings (SSSR count). The fraction of sp³-hybridized carbons (Fsp3) is 0.250. The molecule has 1 saturated heterocycles. The number of likely N-dealkylation sites (tertiary alicyclic amines) is 1. The van der Waals surface area contributed by atoms with Crippen LogP contribution in [0.2, 0.25) is 0 Å². The third-order valence-corrected chi connectivity index (χ3v) is 6.66. The van der Waals surface area contributed by atoms with E-state index in [0.717, 1.165) is 16.7 Å². The third-order valence-electron chi connectivity index (χ3n) is 6.66. The first-order chi connectivity index (χ1) is 15.4. The van der Waals surface area contributed by atoms with E-state index in [0.29, 0.717) is 37.1 Å². The Hall–Kier alpha value is -3.53. The summed E-state index contributed by atoms with van der Waals surface area (Å²) in [6.07, 6.45) is 1.28. The minimum Gasteiger partial charge on any atom is -0.339 e. The van der Waals surface area contributed by atoms with Gasteiger partial charge in [0.25, 0.3) is 5.91 Å². The zero-order valence-electron chi connectivity index (χ0n) is 18.5. The number of benzene rings is 3. The lowest BCUT2D eigenvalue weighted by Gasteiger charge is -2.40. The van der Waals surface area contributed by atoms with E-state index in [4.69, 9.17) is 0 Å². The summed E-state index contributed by atoms with van der Waals surface area (Å²) < 4.78 is 0. The van der Waals surface area contributed by atoms with Crippen LogP contribution >= 0.6 is 0 Å². The summed E-state index contributed by atoms with van der Waals surface area (Å²) >= 11 is 0. The third kappa shape index (κ3) is 4.13. The van der Waals surface area contributed by atoms with E-state index in [2.05, 4.69) is 0 Å². The van der Waals surface area contributed by atoms with Crippen molar-refractivity contribution in [2.75, 3.05) is 13.1 Å². The maximum absolute atomic E-state index is 13.1. The molecule has 0 saturated carbocycles. The van der Waals surface area contributed by atoms with Crippen LogP contribution < -0.4 is 0 Å². The van der Waals surface area contributed by atoms with E-state index < -0.39 is 5.41 Å². The number of hydrogen-bond acceptors (Lipinski definition) is 3. The molecule has 0 atom stereocenters. The minimum absolute atomic E-state index is 0.00584.